The average Bonchev–Trinajstić information content (AvgIpc) is 2.96. The van der Waals surface area contributed by atoms with Crippen LogP contribution >= 0.6 is 22.6 Å². The number of hydrogen-bond donors (Lipinski definition) is 2. The van der Waals surface area contributed by atoms with Gasteiger partial charge in [0.2, 0.25) is 11.9 Å². The number of halogens is 2. The highest BCUT2D eigenvalue weighted by Crippen LogP contribution is 2.18. The van der Waals surface area contributed by atoms with E-state index < -0.39 is 0 Å². The topological polar surface area (TPSA) is 73.9 Å². The van der Waals surface area contributed by atoms with Gasteiger partial charge in [0.15, 0.2) is 0 Å². The van der Waals surface area contributed by atoms with E-state index in [1.54, 1.807) is 0 Å². The van der Waals surface area contributed by atoms with Crippen LogP contribution in [0.15, 0.2) is 18.2 Å². The first-order chi connectivity index (χ1) is 10.6. The summed E-state index contributed by atoms with van der Waals surface area (Å²) < 4.78 is 13.6. The number of rotatable bonds is 3. The predicted octanol–water partition coefficient (Wildman–Crippen LogP) is 2.79. The fourth-order valence-corrected chi connectivity index (χ4v) is 3.11. The van der Waals surface area contributed by atoms with E-state index in [9.17, 15) is 9.18 Å². The molecular formula is C14H15FIN5O. The van der Waals surface area contributed by atoms with Gasteiger partial charge in [0, 0.05) is 16.7 Å². The maximum Gasteiger partial charge on any atom is 0.259 e. The van der Waals surface area contributed by atoms with Gasteiger partial charge in [-0.2, -0.15) is 4.98 Å². The monoisotopic (exact) mass is 415 g/mol. The lowest BCUT2D eigenvalue weighted by molar-refractivity contribution is 0.102. The van der Waals surface area contributed by atoms with Crippen LogP contribution in [0.1, 0.15) is 29.6 Å². The van der Waals surface area contributed by atoms with Crippen LogP contribution in [0.3, 0.4) is 0 Å². The second-order valence-electron chi connectivity index (χ2n) is 5.11. The molecule has 1 amide bonds. The van der Waals surface area contributed by atoms with Gasteiger partial charge in [0.05, 0.1) is 5.56 Å². The quantitative estimate of drug-likeness (QED) is 0.757. The fraction of sp³-hybridized carbons (Fsp3) is 0.357. The molecule has 0 radical (unpaired) electrons. The Morgan fingerprint density at radius 3 is 2.82 bits per heavy atom. The minimum Gasteiger partial charge on any atom is -0.340 e. The van der Waals surface area contributed by atoms with Crippen LogP contribution in [-0.2, 0) is 0 Å². The van der Waals surface area contributed by atoms with Crippen LogP contribution in [-0.4, -0.2) is 34.2 Å². The molecule has 116 valence electrons. The number of amides is 1. The van der Waals surface area contributed by atoms with Crippen molar-refractivity contribution < 1.29 is 9.18 Å². The standard InChI is InChI=1S/C14H15FIN5O/c15-9-4-5-10(11(16)8-9)12(22)17-13-18-14(20-19-13)21-6-2-1-3-7-21/h4-5,8H,1-3,6-7H2,(H2,17,18,19,20,22). The Balaban J connectivity index is 1.70. The van der Waals surface area contributed by atoms with Crippen LogP contribution in [0.5, 0.6) is 0 Å². The maximum absolute atomic E-state index is 13.1. The first kappa shape index (κ1) is 15.2. The summed E-state index contributed by atoms with van der Waals surface area (Å²) >= 11 is 1.93. The molecule has 0 saturated carbocycles. The minimum atomic E-state index is -0.368. The number of benzene rings is 1. The summed E-state index contributed by atoms with van der Waals surface area (Å²) in [6.07, 6.45) is 3.49. The molecule has 1 aromatic heterocycles. The lowest BCUT2D eigenvalue weighted by Crippen LogP contribution is -2.30. The third-order valence-corrected chi connectivity index (χ3v) is 4.41. The summed E-state index contributed by atoms with van der Waals surface area (Å²) in [7, 11) is 0. The molecule has 0 bridgehead atoms. The lowest BCUT2D eigenvalue weighted by atomic mass is 10.1. The van der Waals surface area contributed by atoms with Crippen molar-refractivity contribution in [1.82, 2.24) is 15.2 Å². The molecule has 6 nitrogen and oxygen atoms in total. The van der Waals surface area contributed by atoms with Gasteiger partial charge in [0.25, 0.3) is 5.91 Å². The Hall–Kier alpha value is -1.71. The molecule has 2 N–H and O–H groups in total. The van der Waals surface area contributed by atoms with Gasteiger partial charge in [-0.15, -0.1) is 5.10 Å². The number of piperidine rings is 1. The van der Waals surface area contributed by atoms with Crippen LogP contribution < -0.4 is 10.2 Å². The third kappa shape index (κ3) is 3.37. The summed E-state index contributed by atoms with van der Waals surface area (Å²) in [5, 5.41) is 9.52. The second kappa shape index (κ2) is 6.59. The molecular weight excluding hydrogens is 400 g/mol. The van der Waals surface area contributed by atoms with Crippen molar-refractivity contribution >= 4 is 40.4 Å². The van der Waals surface area contributed by atoms with Gasteiger partial charge in [-0.25, -0.2) is 9.49 Å². The van der Waals surface area contributed by atoms with Crippen molar-refractivity contribution in [3.05, 3.63) is 33.1 Å². The Morgan fingerprint density at radius 2 is 2.09 bits per heavy atom. The molecule has 0 unspecified atom stereocenters. The number of nitrogens with one attached hydrogen (secondary N) is 2. The van der Waals surface area contributed by atoms with Crippen molar-refractivity contribution in [2.45, 2.75) is 19.3 Å². The summed E-state index contributed by atoms with van der Waals surface area (Å²) in [6, 6.07) is 4.03. The van der Waals surface area contributed by atoms with E-state index in [2.05, 4.69) is 25.4 Å². The highest BCUT2D eigenvalue weighted by atomic mass is 127. The Labute approximate surface area is 140 Å². The van der Waals surface area contributed by atoms with E-state index in [1.807, 2.05) is 22.6 Å². The summed E-state index contributed by atoms with van der Waals surface area (Å²) in [6.45, 7) is 1.86. The van der Waals surface area contributed by atoms with Crippen molar-refractivity contribution in [1.29, 1.82) is 0 Å². The molecule has 1 aromatic carbocycles. The SMILES string of the molecule is O=C(Nc1nc(N2CCCCC2)n[nH]1)c1ccc(F)cc1I. The molecule has 0 atom stereocenters. The molecule has 0 spiro atoms. The number of anilines is 2. The number of nitrogens with zero attached hydrogens (tertiary/aromatic N) is 3. The van der Waals surface area contributed by atoms with Crippen molar-refractivity contribution in [3.63, 3.8) is 0 Å². The zero-order valence-corrected chi connectivity index (χ0v) is 13.9. The van der Waals surface area contributed by atoms with E-state index in [0.29, 0.717) is 21.0 Å². The molecule has 0 aliphatic carbocycles. The van der Waals surface area contributed by atoms with Gasteiger partial charge in [0.1, 0.15) is 5.82 Å². The molecule has 1 fully saturated rings. The Kier molecular flexibility index (Phi) is 4.55. The normalized spacial score (nSPS) is 14.9. The largest absolute Gasteiger partial charge is 0.340 e. The van der Waals surface area contributed by atoms with Gasteiger partial charge in [-0.1, -0.05) is 0 Å². The van der Waals surface area contributed by atoms with Crippen LogP contribution in [0.2, 0.25) is 0 Å². The molecule has 1 aliphatic heterocycles. The average molecular weight is 415 g/mol. The first-order valence-electron chi connectivity index (χ1n) is 7.07. The number of carbonyl (C=O) groups excluding carboxylic acids is 1. The van der Waals surface area contributed by atoms with Crippen LogP contribution in [0.25, 0.3) is 0 Å². The zero-order valence-electron chi connectivity index (χ0n) is 11.8. The lowest BCUT2D eigenvalue weighted by Gasteiger charge is -2.24. The number of carbonyl (C=O) groups is 1. The van der Waals surface area contributed by atoms with Crippen LogP contribution in [0.4, 0.5) is 16.3 Å². The smallest absolute Gasteiger partial charge is 0.259 e. The van der Waals surface area contributed by atoms with Crippen molar-refractivity contribution in [2.24, 2.45) is 0 Å². The minimum absolute atomic E-state index is 0.297. The number of hydrogen-bond acceptors (Lipinski definition) is 4. The van der Waals surface area contributed by atoms with E-state index in [4.69, 9.17) is 0 Å². The molecule has 1 aliphatic rings. The number of aromatic amines is 1. The van der Waals surface area contributed by atoms with E-state index in [1.165, 1.54) is 24.6 Å². The Morgan fingerprint density at radius 1 is 1.32 bits per heavy atom. The number of H-pyrrole nitrogens is 1. The molecule has 22 heavy (non-hydrogen) atoms. The van der Waals surface area contributed by atoms with Gasteiger partial charge in [-0.3, -0.25) is 10.1 Å². The second-order valence-corrected chi connectivity index (χ2v) is 6.27. The van der Waals surface area contributed by atoms with Gasteiger partial charge >= 0.3 is 0 Å². The summed E-state index contributed by atoms with van der Waals surface area (Å²) in [4.78, 5) is 18.6. The molecule has 2 heterocycles. The van der Waals surface area contributed by atoms with Gasteiger partial charge in [-0.05, 0) is 60.1 Å². The molecule has 8 heteroatoms. The van der Waals surface area contributed by atoms with Crippen molar-refractivity contribution in [3.8, 4) is 0 Å². The zero-order chi connectivity index (χ0) is 15.5. The van der Waals surface area contributed by atoms with Crippen molar-refractivity contribution in [2.75, 3.05) is 23.3 Å². The highest BCUT2D eigenvalue weighted by molar-refractivity contribution is 14.1. The molecule has 2 aromatic rings. The molecule has 3 rings (SSSR count). The van der Waals surface area contributed by atoms with Crippen LogP contribution in [0, 0.1) is 9.39 Å². The Bertz CT molecular complexity index is 684. The van der Waals surface area contributed by atoms with E-state index >= 15 is 0 Å². The van der Waals surface area contributed by atoms with Gasteiger partial charge < -0.3 is 4.90 Å². The number of aromatic nitrogens is 3. The molecule has 1 saturated heterocycles. The maximum atomic E-state index is 13.1. The first-order valence-corrected chi connectivity index (χ1v) is 8.15. The summed E-state index contributed by atoms with van der Waals surface area (Å²) in [5.74, 6) is 0.188. The fourth-order valence-electron chi connectivity index (χ4n) is 2.39. The van der Waals surface area contributed by atoms with E-state index in [-0.39, 0.29) is 11.7 Å². The summed E-state index contributed by atoms with van der Waals surface area (Å²) in [5.41, 5.74) is 0.401. The highest BCUT2D eigenvalue weighted by Gasteiger charge is 2.17. The third-order valence-electron chi connectivity index (χ3n) is 3.52. The predicted molar refractivity (Wildman–Crippen MR) is 89.5 cm³/mol. The van der Waals surface area contributed by atoms with E-state index in [0.717, 1.165) is 25.9 Å².